The molecule has 6 heteroatoms. The van der Waals surface area contributed by atoms with Crippen LogP contribution >= 0.6 is 0 Å². The summed E-state index contributed by atoms with van der Waals surface area (Å²) in [4.78, 5) is 2.38. The Bertz CT molecular complexity index is 702. The van der Waals surface area contributed by atoms with E-state index in [0.29, 0.717) is 11.8 Å². The highest BCUT2D eigenvalue weighted by Crippen LogP contribution is 2.40. The SMILES string of the molecule is CC(C)c1cc(CN2CCCn3nc([C@@H](O)C4CC4)cc3C2)no1. The van der Waals surface area contributed by atoms with Gasteiger partial charge >= 0.3 is 0 Å². The largest absolute Gasteiger partial charge is 0.386 e. The fraction of sp³-hybridized carbons (Fsp3) is 0.667. The van der Waals surface area contributed by atoms with Crippen molar-refractivity contribution in [1.29, 1.82) is 0 Å². The van der Waals surface area contributed by atoms with E-state index in [-0.39, 0.29) is 6.10 Å². The quantitative estimate of drug-likeness (QED) is 0.913. The van der Waals surface area contributed by atoms with Crippen molar-refractivity contribution in [1.82, 2.24) is 19.8 Å². The molecule has 2 aliphatic rings. The molecule has 0 bridgehead atoms. The Morgan fingerprint density at radius 3 is 2.83 bits per heavy atom. The number of hydrogen-bond donors (Lipinski definition) is 1. The average molecular weight is 330 g/mol. The third-order valence-electron chi connectivity index (χ3n) is 5.02. The van der Waals surface area contributed by atoms with Gasteiger partial charge in [0.2, 0.25) is 0 Å². The number of aliphatic hydroxyl groups is 1. The van der Waals surface area contributed by atoms with Gasteiger partial charge in [0.05, 0.1) is 17.1 Å². The molecular weight excluding hydrogens is 304 g/mol. The Balaban J connectivity index is 1.46. The zero-order valence-corrected chi connectivity index (χ0v) is 14.5. The summed E-state index contributed by atoms with van der Waals surface area (Å²) in [5.74, 6) is 1.73. The minimum atomic E-state index is -0.387. The molecule has 1 N–H and O–H groups in total. The third-order valence-corrected chi connectivity index (χ3v) is 5.02. The number of nitrogens with zero attached hydrogens (tertiary/aromatic N) is 4. The van der Waals surface area contributed by atoms with Crippen LogP contribution in [0.4, 0.5) is 0 Å². The first-order chi connectivity index (χ1) is 11.6. The van der Waals surface area contributed by atoms with Crippen LogP contribution in [-0.2, 0) is 19.6 Å². The highest BCUT2D eigenvalue weighted by molar-refractivity contribution is 5.16. The van der Waals surface area contributed by atoms with Crippen molar-refractivity contribution in [3.8, 4) is 0 Å². The van der Waals surface area contributed by atoms with Crippen LogP contribution in [0.3, 0.4) is 0 Å². The van der Waals surface area contributed by atoms with E-state index < -0.39 is 0 Å². The van der Waals surface area contributed by atoms with Gasteiger partial charge in [-0.25, -0.2) is 0 Å². The molecule has 1 aliphatic heterocycles. The van der Waals surface area contributed by atoms with Crippen LogP contribution in [0.5, 0.6) is 0 Å². The second kappa shape index (κ2) is 6.33. The van der Waals surface area contributed by atoms with Gasteiger partial charge in [0.25, 0.3) is 0 Å². The number of rotatable bonds is 5. The zero-order chi connectivity index (χ0) is 16.7. The second-order valence-corrected chi connectivity index (χ2v) is 7.51. The molecule has 3 heterocycles. The maximum atomic E-state index is 10.3. The maximum absolute atomic E-state index is 10.3. The van der Waals surface area contributed by atoms with Gasteiger partial charge in [0.1, 0.15) is 11.9 Å². The van der Waals surface area contributed by atoms with Gasteiger partial charge < -0.3 is 9.63 Å². The number of aliphatic hydroxyl groups excluding tert-OH is 1. The molecule has 4 rings (SSSR count). The van der Waals surface area contributed by atoms with E-state index in [0.717, 1.165) is 62.6 Å². The molecule has 0 spiro atoms. The Morgan fingerprint density at radius 2 is 2.12 bits per heavy atom. The minimum Gasteiger partial charge on any atom is -0.386 e. The van der Waals surface area contributed by atoms with Crippen molar-refractivity contribution in [2.45, 2.75) is 64.8 Å². The molecule has 0 radical (unpaired) electrons. The van der Waals surface area contributed by atoms with E-state index in [1.165, 1.54) is 5.69 Å². The molecule has 1 fully saturated rings. The number of aromatic nitrogens is 3. The van der Waals surface area contributed by atoms with Crippen LogP contribution in [0.25, 0.3) is 0 Å². The van der Waals surface area contributed by atoms with Gasteiger partial charge in [-0.3, -0.25) is 9.58 Å². The average Bonchev–Trinajstić information content (AvgIpc) is 3.22. The molecule has 24 heavy (non-hydrogen) atoms. The van der Waals surface area contributed by atoms with Crippen LogP contribution in [0.15, 0.2) is 16.7 Å². The lowest BCUT2D eigenvalue weighted by Gasteiger charge is -2.17. The van der Waals surface area contributed by atoms with Gasteiger partial charge in [-0.05, 0) is 31.2 Å². The van der Waals surface area contributed by atoms with Crippen LogP contribution in [-0.4, -0.2) is 31.5 Å². The van der Waals surface area contributed by atoms with Crippen molar-refractivity contribution in [2.75, 3.05) is 6.54 Å². The van der Waals surface area contributed by atoms with E-state index in [1.54, 1.807) is 0 Å². The van der Waals surface area contributed by atoms with E-state index in [2.05, 4.69) is 45.8 Å². The summed E-state index contributed by atoms with van der Waals surface area (Å²) in [6.45, 7) is 7.80. The van der Waals surface area contributed by atoms with Gasteiger partial charge in [-0.2, -0.15) is 5.10 Å². The van der Waals surface area contributed by atoms with E-state index in [1.807, 2.05) is 0 Å². The zero-order valence-electron chi connectivity index (χ0n) is 14.5. The molecule has 6 nitrogen and oxygen atoms in total. The summed E-state index contributed by atoms with van der Waals surface area (Å²) in [6.07, 6.45) is 2.92. The standard InChI is InChI=1S/C18H26N4O2/c1-12(2)17-8-14(20-24-17)10-21-6-3-7-22-15(11-21)9-16(19-22)18(23)13-4-5-13/h8-9,12-13,18,23H,3-7,10-11H2,1-2H3/t18-/m0/s1. The lowest BCUT2D eigenvalue weighted by molar-refractivity contribution is 0.148. The highest BCUT2D eigenvalue weighted by Gasteiger charge is 2.33. The molecule has 0 saturated heterocycles. The molecule has 2 aromatic rings. The first kappa shape index (κ1) is 15.8. The summed E-state index contributed by atoms with van der Waals surface area (Å²) >= 11 is 0. The number of aryl methyl sites for hydroxylation is 1. The molecular formula is C18H26N4O2. The topological polar surface area (TPSA) is 67.3 Å². The molecule has 1 saturated carbocycles. The highest BCUT2D eigenvalue weighted by atomic mass is 16.5. The third kappa shape index (κ3) is 3.26. The van der Waals surface area contributed by atoms with Crippen LogP contribution in [0.2, 0.25) is 0 Å². The van der Waals surface area contributed by atoms with E-state index >= 15 is 0 Å². The van der Waals surface area contributed by atoms with Gasteiger partial charge in [0.15, 0.2) is 0 Å². The van der Waals surface area contributed by atoms with Gasteiger partial charge in [-0.1, -0.05) is 19.0 Å². The fourth-order valence-corrected chi connectivity index (χ4v) is 3.39. The van der Waals surface area contributed by atoms with Crippen LogP contribution in [0.1, 0.15) is 68.0 Å². The molecule has 1 atom stereocenters. The smallest absolute Gasteiger partial charge is 0.139 e. The van der Waals surface area contributed by atoms with Gasteiger partial charge in [0, 0.05) is 38.2 Å². The number of hydrogen-bond acceptors (Lipinski definition) is 5. The summed E-state index contributed by atoms with van der Waals surface area (Å²) in [6, 6.07) is 4.15. The Hall–Kier alpha value is -1.66. The molecule has 1 aliphatic carbocycles. The first-order valence-electron chi connectivity index (χ1n) is 9.02. The van der Waals surface area contributed by atoms with E-state index in [9.17, 15) is 5.11 Å². The lowest BCUT2D eigenvalue weighted by atomic mass is 10.1. The molecule has 130 valence electrons. The van der Waals surface area contributed by atoms with Crippen LogP contribution in [0, 0.1) is 5.92 Å². The van der Waals surface area contributed by atoms with Crippen molar-refractivity contribution in [2.24, 2.45) is 5.92 Å². The number of fused-ring (bicyclic) bond motifs is 1. The summed E-state index contributed by atoms with van der Waals surface area (Å²) in [7, 11) is 0. The summed E-state index contributed by atoms with van der Waals surface area (Å²) < 4.78 is 7.48. The fourth-order valence-electron chi connectivity index (χ4n) is 3.39. The normalized spacial score (nSPS) is 20.2. The molecule has 0 amide bonds. The summed E-state index contributed by atoms with van der Waals surface area (Å²) in [5.41, 5.74) is 3.03. The van der Waals surface area contributed by atoms with Gasteiger partial charge in [-0.15, -0.1) is 0 Å². The van der Waals surface area contributed by atoms with E-state index in [4.69, 9.17) is 4.52 Å². The Morgan fingerprint density at radius 1 is 1.29 bits per heavy atom. The molecule has 0 unspecified atom stereocenters. The molecule has 2 aromatic heterocycles. The van der Waals surface area contributed by atoms with Crippen molar-refractivity contribution >= 4 is 0 Å². The Labute approximate surface area is 142 Å². The second-order valence-electron chi connectivity index (χ2n) is 7.51. The van der Waals surface area contributed by atoms with Crippen LogP contribution < -0.4 is 0 Å². The molecule has 0 aromatic carbocycles. The van der Waals surface area contributed by atoms with Crippen molar-refractivity contribution < 1.29 is 9.63 Å². The Kier molecular flexibility index (Phi) is 4.18. The predicted molar refractivity (Wildman–Crippen MR) is 89.2 cm³/mol. The predicted octanol–water partition coefficient (Wildman–Crippen LogP) is 2.84. The lowest BCUT2D eigenvalue weighted by Crippen LogP contribution is -2.22. The first-order valence-corrected chi connectivity index (χ1v) is 9.02. The monoisotopic (exact) mass is 330 g/mol. The minimum absolute atomic E-state index is 0.364. The van der Waals surface area contributed by atoms with Crippen molar-refractivity contribution in [3.63, 3.8) is 0 Å². The summed E-state index contributed by atoms with van der Waals surface area (Å²) in [5, 5.41) is 19.2. The van der Waals surface area contributed by atoms with Crippen molar-refractivity contribution in [3.05, 3.63) is 35.0 Å². The maximum Gasteiger partial charge on any atom is 0.139 e.